The molecule has 3 N–H and O–H groups in total. The van der Waals surface area contributed by atoms with Crippen LogP contribution in [0.5, 0.6) is 5.75 Å². The smallest absolute Gasteiger partial charge is 0.253 e. The molecule has 0 saturated heterocycles. The minimum Gasteiger partial charge on any atom is -0.494 e. The van der Waals surface area contributed by atoms with Crippen LogP contribution in [0, 0.1) is 0 Å². The van der Waals surface area contributed by atoms with Crippen molar-refractivity contribution in [3.05, 3.63) is 40.2 Å². The lowest BCUT2D eigenvalue weighted by molar-refractivity contribution is 0.245. The molecule has 0 aliphatic carbocycles. The second-order valence-electron chi connectivity index (χ2n) is 5.29. The van der Waals surface area contributed by atoms with Crippen LogP contribution < -0.4 is 15.6 Å². The first-order valence-electron chi connectivity index (χ1n) is 8.01. The fraction of sp³-hybridized carbons (Fsp3) is 0.412. The Morgan fingerprint density at radius 1 is 1.38 bits per heavy atom. The van der Waals surface area contributed by atoms with Gasteiger partial charge in [0, 0.05) is 29.6 Å². The highest BCUT2D eigenvalue weighted by molar-refractivity contribution is 7.80. The van der Waals surface area contributed by atoms with Gasteiger partial charge in [0.1, 0.15) is 5.75 Å². The molecule has 0 atom stereocenters. The lowest BCUT2D eigenvalue weighted by atomic mass is 10.1. The Balaban J connectivity index is 2.33. The summed E-state index contributed by atoms with van der Waals surface area (Å²) in [5.74, 6) is 0.762. The van der Waals surface area contributed by atoms with Crippen molar-refractivity contribution in [1.82, 2.24) is 15.2 Å². The maximum Gasteiger partial charge on any atom is 0.253 e. The van der Waals surface area contributed by atoms with Crippen LogP contribution in [0.25, 0.3) is 10.9 Å². The fourth-order valence-corrected chi connectivity index (χ4v) is 2.75. The van der Waals surface area contributed by atoms with E-state index in [1.807, 2.05) is 38.1 Å². The number of nitrogens with one attached hydrogen (secondary N) is 2. The highest BCUT2D eigenvalue weighted by atomic mass is 32.1. The maximum absolute atomic E-state index is 12.3. The first-order chi connectivity index (χ1) is 11.6. The highest BCUT2D eigenvalue weighted by Crippen LogP contribution is 2.19. The fourth-order valence-electron chi connectivity index (χ4n) is 2.45. The van der Waals surface area contributed by atoms with E-state index in [9.17, 15) is 9.90 Å². The van der Waals surface area contributed by atoms with Crippen LogP contribution in [0.1, 0.15) is 19.4 Å². The Labute approximate surface area is 146 Å². The zero-order valence-electron chi connectivity index (χ0n) is 14.0. The van der Waals surface area contributed by atoms with Crippen molar-refractivity contribution in [3.8, 4) is 5.75 Å². The lowest BCUT2D eigenvalue weighted by Crippen LogP contribution is -2.41. The van der Waals surface area contributed by atoms with Crippen LogP contribution in [-0.2, 0) is 6.54 Å². The molecule has 0 saturated carbocycles. The highest BCUT2D eigenvalue weighted by Gasteiger charge is 2.12. The standard InChI is InChI=1S/C17H23N3O3S/c1-3-18-17(24)20(7-8-21)11-13-9-12-10-14(23-4-2)5-6-15(12)19-16(13)22/h5-6,9-10,21H,3-4,7-8,11H2,1-2H3,(H,18,24)(H,19,22). The van der Waals surface area contributed by atoms with E-state index in [1.165, 1.54) is 0 Å². The van der Waals surface area contributed by atoms with Gasteiger partial charge >= 0.3 is 0 Å². The topological polar surface area (TPSA) is 77.6 Å². The van der Waals surface area contributed by atoms with E-state index in [0.29, 0.717) is 36.9 Å². The van der Waals surface area contributed by atoms with Crippen LogP contribution in [0.3, 0.4) is 0 Å². The quantitative estimate of drug-likeness (QED) is 0.660. The lowest BCUT2D eigenvalue weighted by Gasteiger charge is -2.24. The molecule has 0 unspecified atom stereocenters. The maximum atomic E-state index is 12.3. The third-order valence-corrected chi connectivity index (χ3v) is 3.95. The normalized spacial score (nSPS) is 10.6. The number of aromatic amines is 1. The number of aromatic nitrogens is 1. The molecule has 0 aliphatic heterocycles. The molecular formula is C17H23N3O3S. The molecule has 7 heteroatoms. The van der Waals surface area contributed by atoms with E-state index in [0.717, 1.165) is 16.7 Å². The summed E-state index contributed by atoms with van der Waals surface area (Å²) in [6.45, 7) is 5.80. The molecule has 0 aliphatic rings. The summed E-state index contributed by atoms with van der Waals surface area (Å²) in [5.41, 5.74) is 1.19. The Morgan fingerprint density at radius 2 is 2.17 bits per heavy atom. The number of thiocarbonyl (C=S) groups is 1. The van der Waals surface area contributed by atoms with Crippen LogP contribution in [0.2, 0.25) is 0 Å². The second kappa shape index (κ2) is 8.65. The Bertz CT molecular complexity index is 760. The summed E-state index contributed by atoms with van der Waals surface area (Å²) in [7, 11) is 0. The van der Waals surface area contributed by atoms with Gasteiger partial charge in [-0.25, -0.2) is 0 Å². The van der Waals surface area contributed by atoms with Gasteiger partial charge in [0.25, 0.3) is 5.56 Å². The zero-order valence-corrected chi connectivity index (χ0v) is 14.8. The van der Waals surface area contributed by atoms with Crippen molar-refractivity contribution in [2.75, 3.05) is 26.3 Å². The predicted molar refractivity (Wildman–Crippen MR) is 99.5 cm³/mol. The van der Waals surface area contributed by atoms with E-state index < -0.39 is 0 Å². The summed E-state index contributed by atoms with van der Waals surface area (Å²) in [6, 6.07) is 7.41. The van der Waals surface area contributed by atoms with Gasteiger partial charge in [-0.15, -0.1) is 0 Å². The summed E-state index contributed by atoms with van der Waals surface area (Å²) in [6.07, 6.45) is 0. The van der Waals surface area contributed by atoms with Crippen LogP contribution in [0.4, 0.5) is 0 Å². The zero-order chi connectivity index (χ0) is 17.5. The predicted octanol–water partition coefficient (Wildman–Crippen LogP) is 1.62. The van der Waals surface area contributed by atoms with Gasteiger partial charge in [0.05, 0.1) is 19.8 Å². The van der Waals surface area contributed by atoms with Crippen LogP contribution in [0.15, 0.2) is 29.1 Å². The molecule has 0 fully saturated rings. The first kappa shape index (κ1) is 18.2. The van der Waals surface area contributed by atoms with Crippen LogP contribution in [-0.4, -0.2) is 46.4 Å². The molecular weight excluding hydrogens is 326 g/mol. The van der Waals surface area contributed by atoms with E-state index in [-0.39, 0.29) is 12.2 Å². The van der Waals surface area contributed by atoms with Crippen LogP contribution >= 0.6 is 12.2 Å². The molecule has 1 heterocycles. The van der Waals surface area contributed by atoms with E-state index >= 15 is 0 Å². The van der Waals surface area contributed by atoms with E-state index in [4.69, 9.17) is 17.0 Å². The number of hydrogen-bond donors (Lipinski definition) is 3. The van der Waals surface area contributed by atoms with Crippen molar-refractivity contribution in [2.24, 2.45) is 0 Å². The van der Waals surface area contributed by atoms with Gasteiger partial charge in [-0.3, -0.25) is 4.79 Å². The Morgan fingerprint density at radius 3 is 2.83 bits per heavy atom. The number of benzene rings is 1. The number of rotatable bonds is 7. The molecule has 130 valence electrons. The van der Waals surface area contributed by atoms with Crippen molar-refractivity contribution in [1.29, 1.82) is 0 Å². The summed E-state index contributed by atoms with van der Waals surface area (Å²) in [5, 5.41) is 13.7. The van der Waals surface area contributed by atoms with Crippen molar-refractivity contribution in [3.63, 3.8) is 0 Å². The summed E-state index contributed by atoms with van der Waals surface area (Å²) >= 11 is 5.31. The van der Waals surface area contributed by atoms with Gasteiger partial charge in [0.15, 0.2) is 5.11 Å². The molecule has 1 aromatic heterocycles. The van der Waals surface area contributed by atoms with E-state index in [1.54, 1.807) is 4.90 Å². The molecule has 0 amide bonds. The average Bonchev–Trinajstić information content (AvgIpc) is 2.56. The first-order valence-corrected chi connectivity index (χ1v) is 8.42. The molecule has 2 rings (SSSR count). The third-order valence-electron chi connectivity index (χ3n) is 3.55. The second-order valence-corrected chi connectivity index (χ2v) is 5.67. The molecule has 2 aromatic rings. The number of fused-ring (bicyclic) bond motifs is 1. The molecule has 6 nitrogen and oxygen atoms in total. The third kappa shape index (κ3) is 4.46. The molecule has 0 radical (unpaired) electrons. The number of pyridine rings is 1. The van der Waals surface area contributed by atoms with Gasteiger partial charge < -0.3 is 25.0 Å². The van der Waals surface area contributed by atoms with Crippen molar-refractivity contribution >= 4 is 28.2 Å². The number of H-pyrrole nitrogens is 1. The monoisotopic (exact) mass is 349 g/mol. The Kier molecular flexibility index (Phi) is 6.57. The van der Waals surface area contributed by atoms with Gasteiger partial charge in [-0.05, 0) is 50.3 Å². The average molecular weight is 349 g/mol. The van der Waals surface area contributed by atoms with Crippen molar-refractivity contribution < 1.29 is 9.84 Å². The minimum atomic E-state index is -0.158. The number of ether oxygens (including phenoxy) is 1. The number of hydrogen-bond acceptors (Lipinski definition) is 4. The van der Waals surface area contributed by atoms with E-state index in [2.05, 4.69) is 10.3 Å². The molecule has 24 heavy (non-hydrogen) atoms. The number of aliphatic hydroxyl groups is 1. The van der Waals surface area contributed by atoms with Gasteiger partial charge in [0.2, 0.25) is 0 Å². The SMILES string of the molecule is CCNC(=S)N(CCO)Cc1cc2cc(OCC)ccc2[nH]c1=O. The number of nitrogens with zero attached hydrogens (tertiary/aromatic N) is 1. The minimum absolute atomic E-state index is 0.0362. The van der Waals surface area contributed by atoms with Crippen molar-refractivity contribution in [2.45, 2.75) is 20.4 Å². The summed E-state index contributed by atoms with van der Waals surface area (Å²) in [4.78, 5) is 17.0. The Hall–Kier alpha value is -2.12. The van der Waals surface area contributed by atoms with Gasteiger partial charge in [-0.1, -0.05) is 0 Å². The van der Waals surface area contributed by atoms with Gasteiger partial charge in [-0.2, -0.15) is 0 Å². The molecule has 0 bridgehead atoms. The number of aliphatic hydroxyl groups excluding tert-OH is 1. The largest absolute Gasteiger partial charge is 0.494 e. The molecule has 1 aromatic carbocycles. The summed E-state index contributed by atoms with van der Waals surface area (Å²) < 4.78 is 5.51. The molecule has 0 spiro atoms.